The van der Waals surface area contributed by atoms with Crippen molar-refractivity contribution in [3.8, 4) is 0 Å². The second kappa shape index (κ2) is 14.0. The summed E-state index contributed by atoms with van der Waals surface area (Å²) in [5.74, 6) is 0.722. The molecule has 0 spiro atoms. The quantitative estimate of drug-likeness (QED) is 0.234. The second-order valence-electron chi connectivity index (χ2n) is 5.24. The Kier molecular flexibility index (Phi) is 13.2. The lowest BCUT2D eigenvalue weighted by Crippen LogP contribution is -2.44. The summed E-state index contributed by atoms with van der Waals surface area (Å²) in [7, 11) is 1.68. The number of nitrogens with zero attached hydrogens (tertiary/aromatic N) is 1. The minimum atomic E-state index is -0.0478. The first-order valence-corrected chi connectivity index (χ1v) is 8.04. The van der Waals surface area contributed by atoms with Gasteiger partial charge in [0.1, 0.15) is 0 Å². The second-order valence-corrected chi connectivity index (χ2v) is 5.24. The molecule has 1 unspecified atom stereocenters. The number of hydrogen-bond acceptors (Lipinski definition) is 3. The van der Waals surface area contributed by atoms with E-state index >= 15 is 0 Å². The Morgan fingerprint density at radius 1 is 1.25 bits per heavy atom. The average molecular weight is 448 g/mol. The first kappa shape index (κ1) is 22.6. The van der Waals surface area contributed by atoms with Crippen LogP contribution in [0, 0.1) is 0 Å². The van der Waals surface area contributed by atoms with Gasteiger partial charge in [-0.05, 0) is 32.4 Å². The van der Waals surface area contributed by atoms with Gasteiger partial charge in [-0.1, -0.05) is 18.2 Å². The molecule has 1 aromatic rings. The summed E-state index contributed by atoms with van der Waals surface area (Å²) in [6.45, 7) is 6.73. The summed E-state index contributed by atoms with van der Waals surface area (Å²) in [6.07, 6.45) is 0.786. The van der Waals surface area contributed by atoms with Gasteiger partial charge in [0.05, 0.1) is 6.61 Å². The number of ether oxygens (including phenoxy) is 1. The fourth-order valence-electron chi connectivity index (χ4n) is 2.01. The van der Waals surface area contributed by atoms with Crippen molar-refractivity contribution in [2.75, 3.05) is 33.4 Å². The van der Waals surface area contributed by atoms with Crippen LogP contribution in [0.5, 0.6) is 0 Å². The van der Waals surface area contributed by atoms with Gasteiger partial charge in [0.15, 0.2) is 5.96 Å². The van der Waals surface area contributed by atoms with Crippen LogP contribution in [0.25, 0.3) is 0 Å². The van der Waals surface area contributed by atoms with Gasteiger partial charge < -0.3 is 20.7 Å². The summed E-state index contributed by atoms with van der Waals surface area (Å²) < 4.78 is 5.10. The average Bonchev–Trinajstić information content (AvgIpc) is 2.55. The molecular formula is C17H29IN4O2. The largest absolute Gasteiger partial charge is 0.383 e. The van der Waals surface area contributed by atoms with Gasteiger partial charge in [0, 0.05) is 38.3 Å². The summed E-state index contributed by atoms with van der Waals surface area (Å²) in [6, 6.07) is 9.40. The fraction of sp³-hybridized carbons (Fsp3) is 0.529. The molecule has 0 heterocycles. The van der Waals surface area contributed by atoms with Crippen LogP contribution < -0.4 is 16.0 Å². The molecule has 0 fully saturated rings. The highest BCUT2D eigenvalue weighted by atomic mass is 127. The van der Waals surface area contributed by atoms with E-state index < -0.39 is 0 Å². The SMILES string of the molecule is CCNC(=NCCCNC(=O)c1ccccc1)NC(C)COC.I. The number of amides is 1. The standard InChI is InChI=1S/C17H28N4O2.HI/c1-4-18-17(21-14(2)13-23-3)20-12-8-11-19-16(22)15-9-6-5-7-10-15;/h5-7,9-10,14H,4,8,11-13H2,1-3H3,(H,19,22)(H2,18,20,21);1H. The van der Waals surface area contributed by atoms with Crippen molar-refractivity contribution in [3.63, 3.8) is 0 Å². The van der Waals surface area contributed by atoms with E-state index in [1.165, 1.54) is 0 Å². The highest BCUT2D eigenvalue weighted by molar-refractivity contribution is 14.0. The summed E-state index contributed by atoms with van der Waals surface area (Å²) in [5, 5.41) is 9.36. The molecule has 1 aromatic carbocycles. The minimum Gasteiger partial charge on any atom is -0.383 e. The molecule has 0 aliphatic carbocycles. The lowest BCUT2D eigenvalue weighted by molar-refractivity contribution is 0.0953. The Balaban J connectivity index is 0.00000529. The molecule has 136 valence electrons. The van der Waals surface area contributed by atoms with Crippen molar-refractivity contribution in [2.24, 2.45) is 4.99 Å². The smallest absolute Gasteiger partial charge is 0.251 e. The molecule has 24 heavy (non-hydrogen) atoms. The maximum absolute atomic E-state index is 11.9. The third kappa shape index (κ3) is 9.71. The van der Waals surface area contributed by atoms with Crippen molar-refractivity contribution in [1.29, 1.82) is 0 Å². The number of nitrogens with one attached hydrogen (secondary N) is 3. The minimum absolute atomic E-state index is 0. The number of halogens is 1. The normalized spacial score (nSPS) is 12.0. The zero-order valence-electron chi connectivity index (χ0n) is 14.7. The Labute approximate surface area is 161 Å². The molecule has 0 saturated heterocycles. The third-order valence-corrected chi connectivity index (χ3v) is 3.07. The third-order valence-electron chi connectivity index (χ3n) is 3.07. The number of benzene rings is 1. The van der Waals surface area contributed by atoms with E-state index in [9.17, 15) is 4.79 Å². The predicted octanol–water partition coefficient (Wildman–Crippen LogP) is 2.01. The van der Waals surface area contributed by atoms with E-state index in [0.717, 1.165) is 18.9 Å². The maximum Gasteiger partial charge on any atom is 0.251 e. The molecule has 1 atom stereocenters. The van der Waals surface area contributed by atoms with Gasteiger partial charge in [0.2, 0.25) is 0 Å². The lowest BCUT2D eigenvalue weighted by Gasteiger charge is -2.16. The first-order valence-electron chi connectivity index (χ1n) is 8.04. The number of carbonyl (C=O) groups is 1. The topological polar surface area (TPSA) is 74.8 Å². The van der Waals surface area contributed by atoms with E-state index in [4.69, 9.17) is 4.74 Å². The fourth-order valence-corrected chi connectivity index (χ4v) is 2.01. The van der Waals surface area contributed by atoms with E-state index in [-0.39, 0.29) is 35.9 Å². The Hall–Kier alpha value is -1.35. The van der Waals surface area contributed by atoms with E-state index in [2.05, 4.69) is 20.9 Å². The van der Waals surface area contributed by atoms with E-state index in [1.54, 1.807) is 19.2 Å². The van der Waals surface area contributed by atoms with Crippen LogP contribution in [0.3, 0.4) is 0 Å². The highest BCUT2D eigenvalue weighted by Gasteiger charge is 2.05. The number of rotatable bonds is 9. The van der Waals surface area contributed by atoms with E-state index in [0.29, 0.717) is 25.3 Å². The molecule has 0 bridgehead atoms. The van der Waals surface area contributed by atoms with Crippen LogP contribution >= 0.6 is 24.0 Å². The molecule has 6 nitrogen and oxygen atoms in total. The molecule has 3 N–H and O–H groups in total. The zero-order valence-corrected chi connectivity index (χ0v) is 17.0. The number of guanidine groups is 1. The number of hydrogen-bond donors (Lipinski definition) is 3. The summed E-state index contributed by atoms with van der Waals surface area (Å²) in [5.41, 5.74) is 0.680. The molecular weight excluding hydrogens is 419 g/mol. The number of methoxy groups -OCH3 is 1. The van der Waals surface area contributed by atoms with Crippen LogP contribution in [0.1, 0.15) is 30.6 Å². The highest BCUT2D eigenvalue weighted by Crippen LogP contribution is 1.97. The van der Waals surface area contributed by atoms with Gasteiger partial charge in [0.25, 0.3) is 5.91 Å². The summed E-state index contributed by atoms with van der Waals surface area (Å²) in [4.78, 5) is 16.4. The van der Waals surface area contributed by atoms with Gasteiger partial charge >= 0.3 is 0 Å². The molecule has 1 amide bonds. The molecule has 0 radical (unpaired) electrons. The van der Waals surface area contributed by atoms with Crippen molar-refractivity contribution >= 4 is 35.8 Å². The van der Waals surface area contributed by atoms with Gasteiger partial charge in [-0.2, -0.15) is 0 Å². The van der Waals surface area contributed by atoms with Crippen LogP contribution in [0.4, 0.5) is 0 Å². The van der Waals surface area contributed by atoms with Gasteiger partial charge in [-0.3, -0.25) is 9.79 Å². The van der Waals surface area contributed by atoms with Crippen LogP contribution in [0.2, 0.25) is 0 Å². The van der Waals surface area contributed by atoms with Crippen molar-refractivity contribution in [1.82, 2.24) is 16.0 Å². The molecule has 7 heteroatoms. The Morgan fingerprint density at radius 2 is 1.96 bits per heavy atom. The predicted molar refractivity (Wildman–Crippen MR) is 109 cm³/mol. The zero-order chi connectivity index (χ0) is 16.9. The Morgan fingerprint density at radius 3 is 2.58 bits per heavy atom. The first-order chi connectivity index (χ1) is 11.2. The summed E-state index contributed by atoms with van der Waals surface area (Å²) >= 11 is 0. The number of aliphatic imine (C=N–C) groups is 1. The molecule has 1 rings (SSSR count). The van der Waals surface area contributed by atoms with Crippen molar-refractivity contribution in [2.45, 2.75) is 26.3 Å². The van der Waals surface area contributed by atoms with Crippen LogP contribution in [0.15, 0.2) is 35.3 Å². The van der Waals surface area contributed by atoms with Crippen molar-refractivity contribution in [3.05, 3.63) is 35.9 Å². The van der Waals surface area contributed by atoms with Crippen LogP contribution in [-0.4, -0.2) is 51.3 Å². The monoisotopic (exact) mass is 448 g/mol. The molecule has 0 aliphatic heterocycles. The van der Waals surface area contributed by atoms with E-state index in [1.807, 2.05) is 32.0 Å². The maximum atomic E-state index is 11.9. The van der Waals surface area contributed by atoms with Gasteiger partial charge in [-0.25, -0.2) is 0 Å². The van der Waals surface area contributed by atoms with Gasteiger partial charge in [-0.15, -0.1) is 24.0 Å². The van der Waals surface area contributed by atoms with Crippen molar-refractivity contribution < 1.29 is 9.53 Å². The van der Waals surface area contributed by atoms with Crippen LogP contribution in [-0.2, 0) is 4.74 Å². The lowest BCUT2D eigenvalue weighted by atomic mass is 10.2. The Bertz CT molecular complexity index is 483. The molecule has 0 aromatic heterocycles. The molecule has 0 saturated carbocycles. The molecule has 0 aliphatic rings. The number of carbonyl (C=O) groups excluding carboxylic acids is 1.